The van der Waals surface area contributed by atoms with Crippen molar-refractivity contribution in [2.75, 3.05) is 27.5 Å². The maximum atomic E-state index is 13.3. The molecule has 6 heteroatoms. The normalized spacial score (nSPS) is 11.2. The fourth-order valence-corrected chi connectivity index (χ4v) is 4.23. The van der Waals surface area contributed by atoms with Gasteiger partial charge in [-0.2, -0.15) is 0 Å². The van der Waals surface area contributed by atoms with Gasteiger partial charge in [0.15, 0.2) is 6.16 Å². The first-order valence-electron chi connectivity index (χ1n) is 8.31. The Kier molecular flexibility index (Phi) is 6.76. The zero-order valence-electron chi connectivity index (χ0n) is 15.7. The van der Waals surface area contributed by atoms with Crippen molar-refractivity contribution in [3.8, 4) is 17.2 Å². The van der Waals surface area contributed by atoms with E-state index in [0.717, 1.165) is 0 Å². The number of rotatable bonds is 8. The van der Waals surface area contributed by atoms with Crippen molar-refractivity contribution in [2.24, 2.45) is 5.92 Å². The van der Waals surface area contributed by atoms with Crippen LogP contribution in [0.1, 0.15) is 29.8 Å². The molecule has 0 fully saturated rings. The molecule has 0 bridgehead atoms. The van der Waals surface area contributed by atoms with Crippen LogP contribution in [0.5, 0.6) is 17.2 Å². The molecule has 26 heavy (non-hydrogen) atoms. The molecule has 0 aliphatic rings. The largest absolute Gasteiger partial charge is 0.496 e. The molecule has 2 rings (SSSR count). The summed E-state index contributed by atoms with van der Waals surface area (Å²) >= 11 is 0. The Morgan fingerprint density at radius 2 is 1.58 bits per heavy atom. The predicted octanol–water partition coefficient (Wildman–Crippen LogP) is 4.05. The third kappa shape index (κ3) is 4.23. The maximum Gasteiger partial charge on any atom is 0.377 e. The maximum absolute atomic E-state index is 13.3. The van der Waals surface area contributed by atoms with E-state index < -0.39 is 7.80 Å². The number of ether oxygens (including phenoxy) is 3. The minimum Gasteiger partial charge on any atom is -0.496 e. The van der Waals surface area contributed by atoms with Crippen molar-refractivity contribution in [2.45, 2.75) is 13.8 Å². The summed E-state index contributed by atoms with van der Waals surface area (Å²) < 4.78 is 28.7. The van der Waals surface area contributed by atoms with Gasteiger partial charge in [0.2, 0.25) is 11.1 Å². The average molecular weight is 375 g/mol. The van der Waals surface area contributed by atoms with Gasteiger partial charge in [-0.05, 0) is 18.1 Å². The van der Waals surface area contributed by atoms with E-state index in [4.69, 9.17) is 14.2 Å². The quantitative estimate of drug-likeness (QED) is 0.514. The van der Waals surface area contributed by atoms with Gasteiger partial charge in [0.25, 0.3) is 0 Å². The van der Waals surface area contributed by atoms with E-state index in [-0.39, 0.29) is 17.3 Å². The summed E-state index contributed by atoms with van der Waals surface area (Å²) in [5.41, 5.74) is 0.687. The highest BCUT2D eigenvalue weighted by Gasteiger charge is 2.31. The molecular formula is C20H24O5P+. The molecule has 0 aromatic heterocycles. The zero-order valence-corrected chi connectivity index (χ0v) is 16.6. The van der Waals surface area contributed by atoms with Crippen molar-refractivity contribution >= 4 is 18.9 Å². The lowest BCUT2D eigenvalue weighted by atomic mass is 10.0. The molecule has 0 amide bonds. The van der Waals surface area contributed by atoms with Gasteiger partial charge < -0.3 is 14.2 Å². The van der Waals surface area contributed by atoms with E-state index >= 15 is 0 Å². The monoisotopic (exact) mass is 375 g/mol. The first-order valence-corrected chi connectivity index (χ1v) is 9.75. The van der Waals surface area contributed by atoms with Crippen LogP contribution in [-0.2, 0) is 4.57 Å². The van der Waals surface area contributed by atoms with Crippen molar-refractivity contribution in [1.29, 1.82) is 0 Å². The number of carbonyl (C=O) groups excluding carboxylic acids is 1. The summed E-state index contributed by atoms with van der Waals surface area (Å²) in [6, 6.07) is 10.3. The van der Waals surface area contributed by atoms with Crippen molar-refractivity contribution in [3.63, 3.8) is 0 Å². The summed E-state index contributed by atoms with van der Waals surface area (Å²) in [4.78, 5) is 13.3. The molecule has 0 spiro atoms. The summed E-state index contributed by atoms with van der Waals surface area (Å²) in [6.45, 7) is 4.01. The third-order valence-corrected chi connectivity index (χ3v) is 5.88. The molecule has 138 valence electrons. The number of methoxy groups -OCH3 is 3. The SMILES string of the molecule is COc1cc(OC)c(C(=O)c2ccccc2[P+](=O)CC(C)C)c(OC)c1. The average Bonchev–Trinajstić information content (AvgIpc) is 2.65. The van der Waals surface area contributed by atoms with Crippen molar-refractivity contribution < 1.29 is 23.6 Å². The van der Waals surface area contributed by atoms with Gasteiger partial charge in [-0.1, -0.05) is 30.5 Å². The van der Waals surface area contributed by atoms with Crippen LogP contribution >= 0.6 is 7.80 Å². The minimum atomic E-state index is -1.67. The van der Waals surface area contributed by atoms with Crippen LogP contribution in [0.3, 0.4) is 0 Å². The fraction of sp³-hybridized carbons (Fsp3) is 0.350. The number of ketones is 1. The Hall–Kier alpha value is -2.39. The number of carbonyl (C=O) groups is 1. The molecule has 1 unspecified atom stereocenters. The topological polar surface area (TPSA) is 61.8 Å². The molecule has 2 aromatic carbocycles. The van der Waals surface area contributed by atoms with E-state index in [1.807, 2.05) is 13.8 Å². The van der Waals surface area contributed by atoms with Crippen LogP contribution in [0.15, 0.2) is 36.4 Å². The van der Waals surface area contributed by atoms with Gasteiger partial charge in [0.05, 0.1) is 26.9 Å². The Bertz CT molecular complexity index is 789. The Morgan fingerprint density at radius 1 is 1.00 bits per heavy atom. The van der Waals surface area contributed by atoms with Gasteiger partial charge in [-0.3, -0.25) is 4.79 Å². The lowest BCUT2D eigenvalue weighted by Gasteiger charge is -2.14. The molecule has 0 N–H and O–H groups in total. The first kappa shape index (κ1) is 19.9. The fourth-order valence-electron chi connectivity index (χ4n) is 2.68. The molecule has 2 aromatic rings. The molecule has 1 atom stereocenters. The van der Waals surface area contributed by atoms with Crippen LogP contribution in [-0.4, -0.2) is 33.3 Å². The number of hydrogen-bond donors (Lipinski definition) is 0. The minimum absolute atomic E-state index is 0.270. The summed E-state index contributed by atoms with van der Waals surface area (Å²) in [5.74, 6) is 1.20. The van der Waals surface area contributed by atoms with E-state index in [9.17, 15) is 9.36 Å². The van der Waals surface area contributed by atoms with E-state index in [2.05, 4.69) is 0 Å². The van der Waals surface area contributed by atoms with Crippen LogP contribution in [0, 0.1) is 5.92 Å². The number of hydrogen-bond acceptors (Lipinski definition) is 5. The first-order chi connectivity index (χ1) is 12.4. The van der Waals surface area contributed by atoms with Crippen LogP contribution in [0.4, 0.5) is 0 Å². The van der Waals surface area contributed by atoms with E-state index in [1.165, 1.54) is 21.3 Å². The highest BCUT2D eigenvalue weighted by atomic mass is 31.1. The van der Waals surface area contributed by atoms with Crippen molar-refractivity contribution in [3.05, 3.63) is 47.5 Å². The van der Waals surface area contributed by atoms with Crippen LogP contribution in [0.2, 0.25) is 0 Å². The molecule has 0 saturated heterocycles. The van der Waals surface area contributed by atoms with Crippen LogP contribution in [0.25, 0.3) is 0 Å². The molecule has 0 aliphatic carbocycles. The van der Waals surface area contributed by atoms with Gasteiger partial charge in [0, 0.05) is 12.1 Å². The molecule has 0 aliphatic heterocycles. The second-order valence-corrected chi connectivity index (χ2v) is 7.81. The summed E-state index contributed by atoms with van der Waals surface area (Å²) in [5, 5.41) is 0.557. The van der Waals surface area contributed by atoms with Gasteiger partial charge in [-0.25, -0.2) is 0 Å². The molecule has 0 heterocycles. The zero-order chi connectivity index (χ0) is 19.3. The van der Waals surface area contributed by atoms with E-state index in [1.54, 1.807) is 36.4 Å². The highest BCUT2D eigenvalue weighted by Crippen LogP contribution is 2.36. The number of benzene rings is 2. The van der Waals surface area contributed by atoms with Gasteiger partial charge in [-0.15, -0.1) is 0 Å². The Labute approximate surface area is 155 Å². The molecule has 0 saturated carbocycles. The van der Waals surface area contributed by atoms with Gasteiger partial charge >= 0.3 is 7.80 Å². The Morgan fingerprint density at radius 3 is 2.08 bits per heavy atom. The lowest BCUT2D eigenvalue weighted by molar-refractivity contribution is 0.103. The standard InChI is InChI=1S/C20H24O5P/c1-13(2)12-26(22)18-9-7-6-8-15(18)20(21)19-16(24-4)10-14(23-3)11-17(19)25-5/h6-11,13H,12H2,1-5H3/q+1. The second kappa shape index (κ2) is 8.81. The second-order valence-electron chi connectivity index (χ2n) is 6.21. The highest BCUT2D eigenvalue weighted by molar-refractivity contribution is 7.53. The summed E-state index contributed by atoms with van der Waals surface area (Å²) in [6.07, 6.45) is 0.524. The predicted molar refractivity (Wildman–Crippen MR) is 103 cm³/mol. The molecule has 0 radical (unpaired) electrons. The summed E-state index contributed by atoms with van der Waals surface area (Å²) in [7, 11) is 2.82. The lowest BCUT2D eigenvalue weighted by Crippen LogP contribution is -2.16. The molecule has 5 nitrogen and oxygen atoms in total. The van der Waals surface area contributed by atoms with E-state index in [0.29, 0.717) is 34.3 Å². The smallest absolute Gasteiger partial charge is 0.377 e. The van der Waals surface area contributed by atoms with Gasteiger partial charge in [0.1, 0.15) is 22.8 Å². The molecular weight excluding hydrogens is 351 g/mol. The van der Waals surface area contributed by atoms with Crippen LogP contribution < -0.4 is 19.5 Å². The Balaban J connectivity index is 2.59. The van der Waals surface area contributed by atoms with Crippen molar-refractivity contribution in [1.82, 2.24) is 0 Å². The third-order valence-electron chi connectivity index (χ3n) is 3.89.